The molecule has 1 aliphatic heterocycles. The summed E-state index contributed by atoms with van der Waals surface area (Å²) in [7, 11) is -3.97. The van der Waals surface area contributed by atoms with Gasteiger partial charge in [0.1, 0.15) is 17.7 Å². The first-order valence-corrected chi connectivity index (χ1v) is 16.1. The monoisotopic (exact) mass is 640 g/mol. The first-order chi connectivity index (χ1) is 20.1. The molecule has 4 fully saturated rings. The number of benzene rings is 2. The molecule has 7 nitrogen and oxygen atoms in total. The zero-order chi connectivity index (χ0) is 31.0. The molecule has 2 bridgehead atoms. The molecule has 2 aromatic rings. The van der Waals surface area contributed by atoms with Gasteiger partial charge in [-0.3, -0.25) is 9.79 Å². The average molecular weight is 641 g/mol. The van der Waals surface area contributed by atoms with E-state index in [-0.39, 0.29) is 29.0 Å². The van der Waals surface area contributed by atoms with Gasteiger partial charge in [0.15, 0.2) is 0 Å². The molecular weight excluding hydrogens is 608 g/mol. The lowest BCUT2D eigenvalue weighted by Gasteiger charge is -2.72. The predicted molar refractivity (Wildman–Crippen MR) is 153 cm³/mol. The topological polar surface area (TPSA) is 82.1 Å². The number of aliphatic imine (C=N–C) groups is 1. The fourth-order valence-electron chi connectivity index (χ4n) is 6.89. The summed E-state index contributed by atoms with van der Waals surface area (Å²) in [5.74, 6) is -0.433. The molecular formula is C30H33ClF4N4O3S. The number of carbonyl (C=O) groups is 1. The maximum absolute atomic E-state index is 14.3. The van der Waals surface area contributed by atoms with Gasteiger partial charge in [0.2, 0.25) is 15.9 Å². The normalized spacial score (nSPS) is 27.6. The number of carbonyl (C=O) groups excluding carboxylic acids is 1. The number of amidine groups is 1. The number of hydrogen-bond acceptors (Lipinski definition) is 5. The van der Waals surface area contributed by atoms with E-state index in [9.17, 15) is 30.8 Å². The van der Waals surface area contributed by atoms with Crippen LogP contribution < -0.4 is 5.32 Å². The maximum atomic E-state index is 14.3. The van der Waals surface area contributed by atoms with Crippen LogP contribution >= 0.6 is 11.6 Å². The second-order valence-corrected chi connectivity index (χ2v) is 15.2. The van der Waals surface area contributed by atoms with Gasteiger partial charge in [0, 0.05) is 30.1 Å². The van der Waals surface area contributed by atoms with Crippen LogP contribution in [0.25, 0.3) is 0 Å². The predicted octanol–water partition coefficient (Wildman–Crippen LogP) is 5.69. The van der Waals surface area contributed by atoms with Gasteiger partial charge < -0.3 is 10.2 Å². The number of sulfonamides is 1. The summed E-state index contributed by atoms with van der Waals surface area (Å²) in [6.07, 6.45) is -2.72. The molecule has 4 aliphatic carbocycles. The summed E-state index contributed by atoms with van der Waals surface area (Å²) in [6, 6.07) is 11.3. The number of hydrogen-bond donors (Lipinski definition) is 1. The second kappa shape index (κ2) is 10.2. The third kappa shape index (κ3) is 5.44. The largest absolute Gasteiger partial charge is 0.390 e. The van der Waals surface area contributed by atoms with Gasteiger partial charge in [-0.05, 0) is 75.8 Å². The second-order valence-electron chi connectivity index (χ2n) is 12.9. The van der Waals surface area contributed by atoms with E-state index in [1.807, 2.05) is 0 Å². The van der Waals surface area contributed by atoms with Crippen LogP contribution in [0.2, 0.25) is 5.02 Å². The van der Waals surface area contributed by atoms with E-state index in [1.165, 1.54) is 33.5 Å². The first kappa shape index (κ1) is 30.3. The third-order valence-electron chi connectivity index (χ3n) is 9.22. The number of nitrogens with one attached hydrogen (secondary N) is 1. The number of nitrogens with zero attached hydrogens (tertiary/aromatic N) is 3. The number of alkyl halides is 3. The van der Waals surface area contributed by atoms with Crippen LogP contribution in [0.5, 0.6) is 0 Å². The molecule has 5 aliphatic rings. The van der Waals surface area contributed by atoms with Crippen LogP contribution in [0.3, 0.4) is 0 Å². The molecule has 7 rings (SSSR count). The number of halogens is 5. The van der Waals surface area contributed by atoms with Gasteiger partial charge in [-0.1, -0.05) is 35.9 Å². The lowest BCUT2D eigenvalue weighted by Crippen LogP contribution is -2.78. The van der Waals surface area contributed by atoms with E-state index >= 15 is 0 Å². The molecule has 0 radical (unpaired) electrons. The van der Waals surface area contributed by atoms with E-state index in [0.29, 0.717) is 43.5 Å². The molecule has 1 N–H and O–H groups in total. The van der Waals surface area contributed by atoms with Crippen molar-refractivity contribution in [1.82, 2.24) is 14.5 Å². The molecule has 0 aromatic heterocycles. The lowest BCUT2D eigenvalue weighted by atomic mass is 9.38. The van der Waals surface area contributed by atoms with Crippen molar-refractivity contribution >= 4 is 33.4 Å². The molecule has 1 heterocycles. The summed E-state index contributed by atoms with van der Waals surface area (Å²) in [6.45, 7) is 3.13. The van der Waals surface area contributed by atoms with E-state index in [0.717, 1.165) is 0 Å². The highest BCUT2D eigenvalue weighted by Gasteiger charge is 2.75. The molecule has 232 valence electrons. The summed E-state index contributed by atoms with van der Waals surface area (Å²) in [5.41, 5.74) is -1.63. The van der Waals surface area contributed by atoms with E-state index in [1.54, 1.807) is 38.1 Å². The molecule has 1 amide bonds. The molecule has 13 heteroatoms. The van der Waals surface area contributed by atoms with Gasteiger partial charge in [-0.2, -0.15) is 17.5 Å². The Kier molecular flexibility index (Phi) is 7.17. The van der Waals surface area contributed by atoms with Gasteiger partial charge in [-0.15, -0.1) is 0 Å². The number of amides is 1. The van der Waals surface area contributed by atoms with Crippen LogP contribution in [0.1, 0.15) is 57.9 Å². The Morgan fingerprint density at radius 1 is 1.09 bits per heavy atom. The van der Waals surface area contributed by atoms with Crippen molar-refractivity contribution < 1.29 is 30.8 Å². The Hall–Kier alpha value is -2.70. The van der Waals surface area contributed by atoms with Crippen LogP contribution in [0, 0.1) is 11.2 Å². The quantitative estimate of drug-likeness (QED) is 0.339. The van der Waals surface area contributed by atoms with Crippen LogP contribution in [0.15, 0.2) is 58.4 Å². The summed E-state index contributed by atoms with van der Waals surface area (Å²) >= 11 is 5.86. The zero-order valence-corrected chi connectivity index (χ0v) is 25.4. The Balaban J connectivity index is 1.22. The maximum Gasteiger partial charge on any atom is 0.390 e. The summed E-state index contributed by atoms with van der Waals surface area (Å²) < 4.78 is 82.6. The molecule has 43 heavy (non-hydrogen) atoms. The van der Waals surface area contributed by atoms with E-state index in [2.05, 4.69) is 5.32 Å². The fourth-order valence-corrected chi connectivity index (χ4v) is 8.78. The molecule has 2 aromatic carbocycles. The van der Waals surface area contributed by atoms with Gasteiger partial charge in [0.25, 0.3) is 0 Å². The Bertz CT molecular complexity index is 1560. The molecule has 0 saturated heterocycles. The zero-order valence-electron chi connectivity index (χ0n) is 23.8. The van der Waals surface area contributed by atoms with Gasteiger partial charge in [-0.25, -0.2) is 12.8 Å². The Morgan fingerprint density at radius 2 is 1.74 bits per heavy atom. The summed E-state index contributed by atoms with van der Waals surface area (Å²) in [4.78, 5) is 19.9. The Morgan fingerprint density at radius 3 is 2.33 bits per heavy atom. The van der Waals surface area contributed by atoms with E-state index in [4.69, 9.17) is 16.6 Å². The highest BCUT2D eigenvalue weighted by atomic mass is 35.5. The van der Waals surface area contributed by atoms with Crippen molar-refractivity contribution in [2.45, 2.75) is 93.2 Å². The van der Waals surface area contributed by atoms with Crippen molar-refractivity contribution in [3.63, 3.8) is 0 Å². The minimum absolute atomic E-state index is 0.0521. The van der Waals surface area contributed by atoms with E-state index < -0.39 is 56.9 Å². The van der Waals surface area contributed by atoms with Crippen molar-refractivity contribution in [1.29, 1.82) is 0 Å². The molecule has 4 saturated carbocycles. The third-order valence-corrected chi connectivity index (χ3v) is 11.5. The minimum Gasteiger partial charge on any atom is -0.360 e. The van der Waals surface area contributed by atoms with Crippen molar-refractivity contribution in [3.05, 3.63) is 64.9 Å². The first-order valence-electron chi connectivity index (χ1n) is 14.3. The minimum atomic E-state index is -4.36. The van der Waals surface area contributed by atoms with Crippen LogP contribution in [0.4, 0.5) is 17.6 Å². The Labute approximate surface area is 253 Å². The summed E-state index contributed by atoms with van der Waals surface area (Å²) in [5, 5.41) is 3.20. The highest BCUT2D eigenvalue weighted by Crippen LogP contribution is 2.71. The highest BCUT2D eigenvalue weighted by molar-refractivity contribution is 7.89. The molecule has 0 unspecified atom stereocenters. The SMILES string of the molecule is CC1(C)N=C(C23CC(N(Cc4ccc(Cl)c(F)c4)S(=O)(=O)c4ccccc4)(C2)C3)N[C@H]1C(=O)N(CCC(F)(F)F)C1CC1. The number of rotatable bonds is 10. The standard InChI is InChI=1S/C30H33ClF4N4O3S/c1-27(2)24(25(40)38(20-9-10-20)13-12-30(33,34)35)36-26(37-27)28-16-29(17-28,18-28)39(15-19-8-11-22(31)23(32)14-19)43(41,42)21-6-4-3-5-7-21/h3-8,11,14,20,24H,9-10,12-13,15-18H2,1-2H3,(H,36,37)/t24-,28?,29?/m0/s1. The molecule has 1 atom stereocenters. The fraction of sp³-hybridized carbons (Fsp3) is 0.533. The van der Waals surface area contributed by atoms with Gasteiger partial charge in [0.05, 0.1) is 21.9 Å². The van der Waals surface area contributed by atoms with Crippen LogP contribution in [-0.4, -0.2) is 65.2 Å². The van der Waals surface area contributed by atoms with Crippen LogP contribution in [-0.2, 0) is 21.4 Å². The van der Waals surface area contributed by atoms with Crippen molar-refractivity contribution in [2.24, 2.45) is 10.4 Å². The molecule has 0 spiro atoms. The van der Waals surface area contributed by atoms with Gasteiger partial charge >= 0.3 is 6.18 Å². The lowest BCUT2D eigenvalue weighted by molar-refractivity contribution is -0.151. The van der Waals surface area contributed by atoms with Crippen molar-refractivity contribution in [3.8, 4) is 0 Å². The smallest absolute Gasteiger partial charge is 0.360 e. The van der Waals surface area contributed by atoms with Crippen molar-refractivity contribution in [2.75, 3.05) is 6.54 Å². The average Bonchev–Trinajstić information content (AvgIpc) is 3.66.